The molecule has 1 aliphatic rings. The summed E-state index contributed by atoms with van der Waals surface area (Å²) in [5.41, 5.74) is 1.28. The van der Waals surface area contributed by atoms with Gasteiger partial charge in [0.1, 0.15) is 11.7 Å². The molecule has 1 N–H and O–H groups in total. The summed E-state index contributed by atoms with van der Waals surface area (Å²) in [6.07, 6.45) is 0.473. The van der Waals surface area contributed by atoms with Crippen molar-refractivity contribution in [3.8, 4) is 0 Å². The fourth-order valence-corrected chi connectivity index (χ4v) is 2.55. The van der Waals surface area contributed by atoms with Crippen LogP contribution in [0.15, 0.2) is 54.6 Å². The highest BCUT2D eigenvalue weighted by atomic mass is 19.1. The Kier molecular flexibility index (Phi) is 3.87. The van der Waals surface area contributed by atoms with E-state index in [-0.39, 0.29) is 17.6 Å². The maximum Gasteiger partial charge on any atom is 0.239 e. The summed E-state index contributed by atoms with van der Waals surface area (Å²) in [6, 6.07) is 14.8. The van der Waals surface area contributed by atoms with Gasteiger partial charge in [0.2, 0.25) is 11.8 Å². The highest BCUT2D eigenvalue weighted by molar-refractivity contribution is 6.13. The second-order valence-electron chi connectivity index (χ2n) is 5.16. The van der Waals surface area contributed by atoms with Gasteiger partial charge in [0, 0.05) is 17.9 Å². The minimum absolute atomic E-state index is 0.203. The van der Waals surface area contributed by atoms with Crippen molar-refractivity contribution in [3.63, 3.8) is 0 Å². The lowest BCUT2D eigenvalue weighted by Crippen LogP contribution is -2.33. The van der Waals surface area contributed by atoms with E-state index in [1.807, 2.05) is 30.3 Å². The average molecular weight is 298 g/mol. The number of halogens is 1. The Labute approximate surface area is 127 Å². The smallest absolute Gasteiger partial charge is 0.239 e. The number of hydrogen-bond donors (Lipinski definition) is 1. The number of nitrogens with one attached hydrogen (secondary N) is 1. The molecule has 3 rings (SSSR count). The Hall–Kier alpha value is -2.69. The van der Waals surface area contributed by atoms with Gasteiger partial charge in [-0.3, -0.25) is 9.59 Å². The van der Waals surface area contributed by atoms with Crippen LogP contribution < -0.4 is 10.2 Å². The second-order valence-corrected chi connectivity index (χ2v) is 5.16. The zero-order valence-electron chi connectivity index (χ0n) is 11.8. The largest absolute Gasteiger partial charge is 0.325 e. The normalized spacial score (nSPS) is 17.6. The minimum atomic E-state index is -0.703. The van der Waals surface area contributed by atoms with E-state index in [1.54, 1.807) is 4.90 Å². The monoisotopic (exact) mass is 298 g/mol. The van der Waals surface area contributed by atoms with Crippen molar-refractivity contribution in [3.05, 3.63) is 60.4 Å². The molecule has 0 aliphatic carbocycles. The summed E-state index contributed by atoms with van der Waals surface area (Å²) in [7, 11) is 0. The van der Waals surface area contributed by atoms with E-state index in [4.69, 9.17) is 0 Å². The maximum absolute atomic E-state index is 12.9. The second kappa shape index (κ2) is 5.97. The van der Waals surface area contributed by atoms with Gasteiger partial charge in [-0.25, -0.2) is 4.39 Å². The summed E-state index contributed by atoms with van der Waals surface area (Å²) in [5, 5.41) is 2.66. The molecule has 0 aromatic heterocycles. The van der Waals surface area contributed by atoms with E-state index < -0.39 is 5.92 Å². The summed E-state index contributed by atoms with van der Waals surface area (Å²) < 4.78 is 12.9. The molecule has 0 bridgehead atoms. The topological polar surface area (TPSA) is 49.4 Å². The Balaban J connectivity index is 1.69. The molecule has 112 valence electrons. The highest BCUT2D eigenvalue weighted by Crippen LogP contribution is 2.26. The van der Waals surface area contributed by atoms with Crippen LogP contribution in [0.5, 0.6) is 0 Å². The third-order valence-electron chi connectivity index (χ3n) is 3.70. The van der Waals surface area contributed by atoms with Crippen molar-refractivity contribution in [2.45, 2.75) is 6.42 Å². The molecule has 5 heteroatoms. The van der Waals surface area contributed by atoms with Gasteiger partial charge >= 0.3 is 0 Å². The Morgan fingerprint density at radius 3 is 2.45 bits per heavy atom. The van der Waals surface area contributed by atoms with E-state index in [0.717, 1.165) is 5.69 Å². The molecule has 0 unspecified atom stereocenters. The Morgan fingerprint density at radius 1 is 1.09 bits per heavy atom. The molecule has 2 amide bonds. The third-order valence-corrected chi connectivity index (χ3v) is 3.70. The van der Waals surface area contributed by atoms with Crippen molar-refractivity contribution in [1.29, 1.82) is 0 Å². The number of rotatable bonds is 3. The van der Waals surface area contributed by atoms with Gasteiger partial charge in [-0.05, 0) is 42.8 Å². The van der Waals surface area contributed by atoms with Crippen LogP contribution in [-0.2, 0) is 9.59 Å². The molecule has 1 fully saturated rings. The Morgan fingerprint density at radius 2 is 1.77 bits per heavy atom. The summed E-state index contributed by atoms with van der Waals surface area (Å²) >= 11 is 0. The van der Waals surface area contributed by atoms with Crippen molar-refractivity contribution < 1.29 is 14.0 Å². The number of hydrogen-bond acceptors (Lipinski definition) is 2. The zero-order valence-corrected chi connectivity index (χ0v) is 11.8. The maximum atomic E-state index is 12.9. The molecule has 2 aromatic rings. The molecule has 0 spiro atoms. The van der Waals surface area contributed by atoms with Crippen LogP contribution >= 0.6 is 0 Å². The molecule has 2 aromatic carbocycles. The first-order valence-electron chi connectivity index (χ1n) is 7.08. The quantitative estimate of drug-likeness (QED) is 0.886. The first-order chi connectivity index (χ1) is 10.6. The van der Waals surface area contributed by atoms with E-state index in [2.05, 4.69) is 5.32 Å². The van der Waals surface area contributed by atoms with E-state index in [0.29, 0.717) is 18.7 Å². The van der Waals surface area contributed by atoms with Gasteiger partial charge in [0.25, 0.3) is 0 Å². The fourth-order valence-electron chi connectivity index (χ4n) is 2.55. The van der Waals surface area contributed by atoms with Crippen LogP contribution in [0.1, 0.15) is 6.42 Å². The summed E-state index contributed by atoms with van der Waals surface area (Å²) in [4.78, 5) is 26.3. The molecule has 1 heterocycles. The number of anilines is 2. The van der Waals surface area contributed by atoms with Crippen LogP contribution in [0.4, 0.5) is 15.8 Å². The number of carbonyl (C=O) groups is 2. The molecule has 1 aliphatic heterocycles. The van der Waals surface area contributed by atoms with Crippen molar-refractivity contribution >= 4 is 23.2 Å². The Bertz CT molecular complexity index is 686. The first kappa shape index (κ1) is 14.3. The van der Waals surface area contributed by atoms with Crippen molar-refractivity contribution in [2.24, 2.45) is 5.92 Å². The lowest BCUT2D eigenvalue weighted by Gasteiger charge is -2.16. The molecule has 1 atom stereocenters. The van der Waals surface area contributed by atoms with Gasteiger partial charge in [-0.15, -0.1) is 0 Å². The standard InChI is InChI=1S/C17H15FN2O2/c18-12-6-8-13(9-7-12)19-16(21)15-10-11-20(17(15)22)14-4-2-1-3-5-14/h1-9,15H,10-11H2,(H,19,21)/t15-/m0/s1. The average Bonchev–Trinajstić information content (AvgIpc) is 2.92. The molecule has 22 heavy (non-hydrogen) atoms. The summed E-state index contributed by atoms with van der Waals surface area (Å²) in [6.45, 7) is 0.518. The van der Waals surface area contributed by atoms with E-state index in [1.165, 1.54) is 24.3 Å². The molecule has 1 saturated heterocycles. The lowest BCUT2D eigenvalue weighted by molar-refractivity contribution is -0.129. The predicted molar refractivity (Wildman–Crippen MR) is 81.9 cm³/mol. The van der Waals surface area contributed by atoms with E-state index in [9.17, 15) is 14.0 Å². The lowest BCUT2D eigenvalue weighted by atomic mass is 10.1. The van der Waals surface area contributed by atoms with Gasteiger partial charge in [-0.2, -0.15) is 0 Å². The van der Waals surface area contributed by atoms with Gasteiger partial charge in [0.05, 0.1) is 0 Å². The van der Waals surface area contributed by atoms with Crippen LogP contribution in [0, 0.1) is 11.7 Å². The van der Waals surface area contributed by atoms with Crippen LogP contribution in [0.2, 0.25) is 0 Å². The number of nitrogens with zero attached hydrogens (tertiary/aromatic N) is 1. The zero-order chi connectivity index (χ0) is 15.5. The molecular formula is C17H15FN2O2. The van der Waals surface area contributed by atoms with Crippen molar-refractivity contribution in [2.75, 3.05) is 16.8 Å². The highest BCUT2D eigenvalue weighted by Gasteiger charge is 2.37. The van der Waals surface area contributed by atoms with Crippen LogP contribution in [0.3, 0.4) is 0 Å². The predicted octanol–water partition coefficient (Wildman–Crippen LogP) is 2.82. The van der Waals surface area contributed by atoms with E-state index >= 15 is 0 Å². The minimum Gasteiger partial charge on any atom is -0.325 e. The number of benzene rings is 2. The van der Waals surface area contributed by atoms with Gasteiger partial charge < -0.3 is 10.2 Å². The number of para-hydroxylation sites is 1. The number of carbonyl (C=O) groups excluding carboxylic acids is 2. The van der Waals surface area contributed by atoms with Crippen molar-refractivity contribution in [1.82, 2.24) is 0 Å². The fraction of sp³-hybridized carbons (Fsp3) is 0.176. The SMILES string of the molecule is O=C(Nc1ccc(F)cc1)[C@@H]1CCN(c2ccccc2)C1=O. The first-order valence-corrected chi connectivity index (χ1v) is 7.08. The van der Waals surface area contributed by atoms with Gasteiger partial charge in [-0.1, -0.05) is 18.2 Å². The van der Waals surface area contributed by atoms with Gasteiger partial charge in [0.15, 0.2) is 0 Å². The summed E-state index contributed by atoms with van der Waals surface area (Å²) in [5.74, 6) is -1.63. The molecule has 4 nitrogen and oxygen atoms in total. The van der Waals surface area contributed by atoms with Crippen LogP contribution in [0.25, 0.3) is 0 Å². The van der Waals surface area contributed by atoms with Crippen LogP contribution in [-0.4, -0.2) is 18.4 Å². The number of amides is 2. The third kappa shape index (κ3) is 2.83. The molecule has 0 radical (unpaired) electrons. The molecule has 0 saturated carbocycles. The molecular weight excluding hydrogens is 283 g/mol.